The number of nitrogens with zero attached hydrogens (tertiary/aromatic N) is 2. The molecule has 0 bridgehead atoms. The average Bonchev–Trinajstić information content (AvgIpc) is 2.69. The van der Waals surface area contributed by atoms with Gasteiger partial charge in [-0.15, -0.1) is 0 Å². The van der Waals surface area contributed by atoms with E-state index < -0.39 is 5.91 Å². The number of rotatable bonds is 5. The number of hydrogen-bond acceptors (Lipinski definition) is 4. The first-order chi connectivity index (χ1) is 12.7. The van der Waals surface area contributed by atoms with Gasteiger partial charge in [0.05, 0.1) is 0 Å². The van der Waals surface area contributed by atoms with Crippen LogP contribution in [-0.4, -0.2) is 42.2 Å². The van der Waals surface area contributed by atoms with E-state index in [0.717, 1.165) is 49.5 Å². The number of amides is 1. The summed E-state index contributed by atoms with van der Waals surface area (Å²) in [6.45, 7) is 4.38. The summed E-state index contributed by atoms with van der Waals surface area (Å²) in [5.41, 5.74) is 4.71. The lowest BCUT2D eigenvalue weighted by Crippen LogP contribution is -2.46. The number of benzene rings is 2. The van der Waals surface area contributed by atoms with Crippen LogP contribution < -0.4 is 10.4 Å². The maximum atomic E-state index is 13.0. The molecule has 1 heterocycles. The molecule has 0 unspecified atom stereocenters. The summed E-state index contributed by atoms with van der Waals surface area (Å²) in [5, 5.41) is 8.61. The molecule has 3 rings (SSSR count). The lowest BCUT2D eigenvalue weighted by Gasteiger charge is -2.36. The van der Waals surface area contributed by atoms with Crippen molar-refractivity contribution in [3.63, 3.8) is 0 Å². The number of anilines is 1. The van der Waals surface area contributed by atoms with E-state index in [2.05, 4.69) is 9.80 Å². The van der Waals surface area contributed by atoms with Crippen molar-refractivity contribution in [2.75, 3.05) is 31.1 Å². The SMILES string of the molecule is O=C(/C=C/c1ccccc1N1CCN(Cc2ccc(F)cc2)CC1)NO. The largest absolute Gasteiger partial charge is 0.368 e. The molecule has 0 radical (unpaired) electrons. The molecular formula is C20H22FN3O2. The fourth-order valence-electron chi connectivity index (χ4n) is 3.11. The van der Waals surface area contributed by atoms with Gasteiger partial charge in [0.2, 0.25) is 0 Å². The molecular weight excluding hydrogens is 333 g/mol. The van der Waals surface area contributed by atoms with Crippen LogP contribution in [0.2, 0.25) is 0 Å². The number of hydroxylamine groups is 1. The minimum Gasteiger partial charge on any atom is -0.368 e. The maximum absolute atomic E-state index is 13.0. The van der Waals surface area contributed by atoms with Gasteiger partial charge < -0.3 is 4.90 Å². The first kappa shape index (κ1) is 18.1. The van der Waals surface area contributed by atoms with Crippen molar-refractivity contribution in [1.29, 1.82) is 0 Å². The van der Waals surface area contributed by atoms with Crippen LogP contribution in [0.3, 0.4) is 0 Å². The Kier molecular flexibility index (Phi) is 5.99. The number of nitrogens with one attached hydrogen (secondary N) is 1. The molecule has 0 spiro atoms. The maximum Gasteiger partial charge on any atom is 0.267 e. The minimum absolute atomic E-state index is 0.210. The molecule has 0 atom stereocenters. The third-order valence-electron chi connectivity index (χ3n) is 4.49. The van der Waals surface area contributed by atoms with Crippen molar-refractivity contribution in [2.45, 2.75) is 6.54 Å². The van der Waals surface area contributed by atoms with Crippen molar-refractivity contribution in [3.8, 4) is 0 Å². The zero-order valence-electron chi connectivity index (χ0n) is 14.4. The summed E-state index contributed by atoms with van der Waals surface area (Å²) < 4.78 is 13.0. The number of piperazine rings is 1. The summed E-state index contributed by atoms with van der Waals surface area (Å²) >= 11 is 0. The van der Waals surface area contributed by atoms with Crippen LogP contribution in [0.15, 0.2) is 54.6 Å². The minimum atomic E-state index is -0.552. The first-order valence-electron chi connectivity index (χ1n) is 8.58. The molecule has 0 saturated carbocycles. The topological polar surface area (TPSA) is 55.8 Å². The molecule has 6 heteroatoms. The van der Waals surface area contributed by atoms with E-state index in [0.29, 0.717) is 0 Å². The van der Waals surface area contributed by atoms with Crippen molar-refractivity contribution < 1.29 is 14.4 Å². The third-order valence-corrected chi connectivity index (χ3v) is 4.49. The van der Waals surface area contributed by atoms with Gasteiger partial charge in [0.25, 0.3) is 5.91 Å². The Hall–Kier alpha value is -2.70. The zero-order valence-corrected chi connectivity index (χ0v) is 14.4. The highest BCUT2D eigenvalue weighted by Gasteiger charge is 2.18. The molecule has 1 fully saturated rings. The summed E-state index contributed by atoms with van der Waals surface area (Å²) in [4.78, 5) is 15.9. The lowest BCUT2D eigenvalue weighted by molar-refractivity contribution is -0.124. The lowest BCUT2D eigenvalue weighted by atomic mass is 10.1. The third kappa shape index (κ3) is 4.68. The van der Waals surface area contributed by atoms with Crippen LogP contribution in [0.1, 0.15) is 11.1 Å². The monoisotopic (exact) mass is 355 g/mol. The quantitative estimate of drug-likeness (QED) is 0.492. The molecule has 2 aromatic rings. The van der Waals surface area contributed by atoms with E-state index >= 15 is 0 Å². The van der Waals surface area contributed by atoms with Crippen molar-refractivity contribution in [3.05, 3.63) is 71.6 Å². The predicted octanol–water partition coefficient (Wildman–Crippen LogP) is 2.67. The Morgan fingerprint density at radius 1 is 1.08 bits per heavy atom. The van der Waals surface area contributed by atoms with E-state index in [4.69, 9.17) is 5.21 Å². The normalized spacial score (nSPS) is 15.4. The van der Waals surface area contributed by atoms with Crippen LogP contribution in [0, 0.1) is 5.82 Å². The van der Waals surface area contributed by atoms with Crippen LogP contribution in [0.25, 0.3) is 6.08 Å². The van der Waals surface area contributed by atoms with E-state index in [9.17, 15) is 9.18 Å². The van der Waals surface area contributed by atoms with E-state index in [1.165, 1.54) is 18.2 Å². The highest BCUT2D eigenvalue weighted by molar-refractivity contribution is 5.91. The smallest absolute Gasteiger partial charge is 0.267 e. The molecule has 0 aliphatic carbocycles. The Morgan fingerprint density at radius 3 is 2.46 bits per heavy atom. The van der Waals surface area contributed by atoms with Crippen molar-refractivity contribution >= 4 is 17.7 Å². The van der Waals surface area contributed by atoms with Crippen LogP contribution >= 0.6 is 0 Å². The van der Waals surface area contributed by atoms with E-state index in [-0.39, 0.29) is 5.82 Å². The van der Waals surface area contributed by atoms with Crippen LogP contribution in [0.4, 0.5) is 10.1 Å². The molecule has 1 aliphatic rings. The number of carbonyl (C=O) groups excluding carboxylic acids is 1. The summed E-state index contributed by atoms with van der Waals surface area (Å²) in [7, 11) is 0. The van der Waals surface area contributed by atoms with Gasteiger partial charge in [-0.25, -0.2) is 9.87 Å². The standard InChI is InChI=1S/C20H22FN3O2/c21-18-8-5-16(6-9-18)15-23-11-13-24(14-12-23)19-4-2-1-3-17(19)7-10-20(25)22-26/h1-10,26H,11-15H2,(H,22,25)/b10-7+. The number of hydrogen-bond donors (Lipinski definition) is 2. The van der Waals surface area contributed by atoms with Crippen molar-refractivity contribution in [2.24, 2.45) is 0 Å². The molecule has 1 saturated heterocycles. The summed E-state index contributed by atoms with van der Waals surface area (Å²) in [6.07, 6.45) is 3.01. The Labute approximate surface area is 152 Å². The predicted molar refractivity (Wildman–Crippen MR) is 99.3 cm³/mol. The average molecular weight is 355 g/mol. The summed E-state index contributed by atoms with van der Waals surface area (Å²) in [5.74, 6) is -0.762. The molecule has 2 aromatic carbocycles. The molecule has 1 amide bonds. The second kappa shape index (κ2) is 8.60. The molecule has 136 valence electrons. The van der Waals surface area contributed by atoms with Gasteiger partial charge in [-0.2, -0.15) is 0 Å². The van der Waals surface area contributed by atoms with Gasteiger partial charge >= 0.3 is 0 Å². The Bertz CT molecular complexity index is 769. The summed E-state index contributed by atoms with van der Waals surface area (Å²) in [6, 6.07) is 14.5. The van der Waals surface area contributed by atoms with Crippen LogP contribution in [-0.2, 0) is 11.3 Å². The molecule has 2 N–H and O–H groups in total. The van der Waals surface area contributed by atoms with E-state index in [1.807, 2.05) is 36.4 Å². The van der Waals surface area contributed by atoms with Gasteiger partial charge in [0, 0.05) is 44.5 Å². The Morgan fingerprint density at radius 2 is 1.77 bits per heavy atom. The Balaban J connectivity index is 1.62. The zero-order chi connectivity index (χ0) is 18.4. The molecule has 1 aliphatic heterocycles. The highest BCUT2D eigenvalue weighted by Crippen LogP contribution is 2.23. The van der Waals surface area contributed by atoms with Gasteiger partial charge in [-0.05, 0) is 35.4 Å². The number of para-hydroxylation sites is 1. The van der Waals surface area contributed by atoms with Gasteiger partial charge in [0.15, 0.2) is 0 Å². The van der Waals surface area contributed by atoms with Crippen molar-refractivity contribution in [1.82, 2.24) is 10.4 Å². The van der Waals surface area contributed by atoms with E-state index in [1.54, 1.807) is 11.6 Å². The first-order valence-corrected chi connectivity index (χ1v) is 8.58. The molecule has 26 heavy (non-hydrogen) atoms. The van der Waals surface area contributed by atoms with Gasteiger partial charge in [-0.1, -0.05) is 30.3 Å². The van der Waals surface area contributed by atoms with Gasteiger partial charge in [-0.3, -0.25) is 14.9 Å². The second-order valence-corrected chi connectivity index (χ2v) is 6.26. The number of halogens is 1. The fraction of sp³-hybridized carbons (Fsp3) is 0.250. The number of carbonyl (C=O) groups is 1. The van der Waals surface area contributed by atoms with Crippen LogP contribution in [0.5, 0.6) is 0 Å². The fourth-order valence-corrected chi connectivity index (χ4v) is 3.11. The molecule has 0 aromatic heterocycles. The second-order valence-electron chi connectivity index (χ2n) is 6.26. The molecule has 5 nitrogen and oxygen atoms in total. The van der Waals surface area contributed by atoms with Gasteiger partial charge in [0.1, 0.15) is 5.82 Å². The highest BCUT2D eigenvalue weighted by atomic mass is 19.1.